The van der Waals surface area contributed by atoms with Gasteiger partial charge in [-0.1, -0.05) is 31.0 Å². The second-order valence-corrected chi connectivity index (χ2v) is 7.36. The lowest BCUT2D eigenvalue weighted by Crippen LogP contribution is -1.94. The highest BCUT2D eigenvalue weighted by molar-refractivity contribution is 7.14. The summed E-state index contributed by atoms with van der Waals surface area (Å²) < 4.78 is 7.30. The summed E-state index contributed by atoms with van der Waals surface area (Å²) in [7, 11) is 1.60. The molecule has 0 aliphatic carbocycles. The summed E-state index contributed by atoms with van der Waals surface area (Å²) in [5, 5.41) is 6.74. The number of methoxy groups -OCH3 is 1. The van der Waals surface area contributed by atoms with Crippen molar-refractivity contribution in [2.45, 2.75) is 19.8 Å². The molecule has 4 aromatic rings. The van der Waals surface area contributed by atoms with E-state index >= 15 is 0 Å². The Morgan fingerprint density at radius 2 is 2.11 bits per heavy atom. The SMILES string of the molecule is CCCc1nc2ccccn2c1-c1csc(Nc2ccc(OC)c(Cl)c2)n1. The number of nitrogens with zero attached hydrogens (tertiary/aromatic N) is 3. The molecular formula is C20H19ClN4OS. The molecule has 1 N–H and O–H groups in total. The summed E-state index contributed by atoms with van der Waals surface area (Å²) in [5.74, 6) is 0.650. The number of rotatable bonds is 6. The lowest BCUT2D eigenvalue weighted by Gasteiger charge is -2.06. The maximum atomic E-state index is 6.21. The maximum absolute atomic E-state index is 6.21. The average Bonchev–Trinajstić information content (AvgIpc) is 3.26. The fourth-order valence-electron chi connectivity index (χ4n) is 3.03. The Kier molecular flexibility index (Phi) is 5.01. The van der Waals surface area contributed by atoms with Gasteiger partial charge in [0.2, 0.25) is 0 Å². The normalized spacial score (nSPS) is 11.1. The molecule has 0 aliphatic heterocycles. The Hall–Kier alpha value is -2.57. The molecule has 0 spiro atoms. The standard InChI is InChI=1S/C20H19ClN4OS/c1-3-6-15-19(25-10-5-4-7-18(25)23-15)16-12-27-20(24-16)22-13-8-9-17(26-2)14(21)11-13/h4-5,7-12H,3,6H2,1-2H3,(H,22,24). The minimum Gasteiger partial charge on any atom is -0.495 e. The quantitative estimate of drug-likeness (QED) is 0.445. The van der Waals surface area contributed by atoms with E-state index in [1.54, 1.807) is 18.4 Å². The van der Waals surface area contributed by atoms with Crippen LogP contribution in [0.15, 0.2) is 48.0 Å². The van der Waals surface area contributed by atoms with Crippen molar-refractivity contribution in [3.63, 3.8) is 0 Å². The first-order valence-electron chi connectivity index (χ1n) is 8.72. The van der Waals surface area contributed by atoms with E-state index in [9.17, 15) is 0 Å². The lowest BCUT2D eigenvalue weighted by molar-refractivity contribution is 0.415. The van der Waals surface area contributed by atoms with Gasteiger partial charge in [0.15, 0.2) is 5.13 Å². The minimum absolute atomic E-state index is 0.561. The number of anilines is 2. The van der Waals surface area contributed by atoms with Crippen LogP contribution >= 0.6 is 22.9 Å². The second kappa shape index (κ2) is 7.58. The molecule has 1 aromatic carbocycles. The van der Waals surface area contributed by atoms with Crippen molar-refractivity contribution >= 4 is 39.4 Å². The van der Waals surface area contributed by atoms with Crippen molar-refractivity contribution in [2.75, 3.05) is 12.4 Å². The third kappa shape index (κ3) is 3.50. The zero-order valence-electron chi connectivity index (χ0n) is 15.1. The molecule has 0 fully saturated rings. The Labute approximate surface area is 166 Å². The molecule has 3 heterocycles. The largest absolute Gasteiger partial charge is 0.495 e. The van der Waals surface area contributed by atoms with E-state index in [1.165, 1.54) is 0 Å². The number of thiazole rings is 1. The number of ether oxygens (including phenoxy) is 1. The van der Waals surface area contributed by atoms with Crippen LogP contribution in [0.4, 0.5) is 10.8 Å². The zero-order chi connectivity index (χ0) is 18.8. The van der Waals surface area contributed by atoms with Gasteiger partial charge in [-0.2, -0.15) is 0 Å². The first-order valence-corrected chi connectivity index (χ1v) is 9.97. The molecule has 0 atom stereocenters. The van der Waals surface area contributed by atoms with Gasteiger partial charge < -0.3 is 10.1 Å². The fourth-order valence-corrected chi connectivity index (χ4v) is 4.01. The van der Waals surface area contributed by atoms with Gasteiger partial charge in [0.05, 0.1) is 23.5 Å². The van der Waals surface area contributed by atoms with Crippen LogP contribution in [-0.2, 0) is 6.42 Å². The molecule has 0 amide bonds. The first kappa shape index (κ1) is 17.8. The second-order valence-electron chi connectivity index (χ2n) is 6.10. The van der Waals surface area contributed by atoms with E-state index in [2.05, 4.69) is 22.0 Å². The molecule has 0 radical (unpaired) electrons. The van der Waals surface area contributed by atoms with Crippen LogP contribution in [0.2, 0.25) is 5.02 Å². The molecule has 0 unspecified atom stereocenters. The third-order valence-electron chi connectivity index (χ3n) is 4.24. The molecule has 3 aromatic heterocycles. The number of halogens is 1. The number of fused-ring (bicyclic) bond motifs is 1. The molecule has 138 valence electrons. The van der Waals surface area contributed by atoms with Gasteiger partial charge in [0.25, 0.3) is 0 Å². The summed E-state index contributed by atoms with van der Waals surface area (Å²) in [6.45, 7) is 2.16. The smallest absolute Gasteiger partial charge is 0.187 e. The highest BCUT2D eigenvalue weighted by Gasteiger charge is 2.16. The molecule has 27 heavy (non-hydrogen) atoms. The van der Waals surface area contributed by atoms with Gasteiger partial charge in [-0.05, 0) is 36.8 Å². The molecule has 0 saturated carbocycles. The average molecular weight is 399 g/mol. The van der Waals surface area contributed by atoms with Crippen molar-refractivity contribution in [2.24, 2.45) is 0 Å². The summed E-state index contributed by atoms with van der Waals surface area (Å²) in [4.78, 5) is 9.56. The molecule has 7 heteroatoms. The van der Waals surface area contributed by atoms with Crippen LogP contribution in [0.1, 0.15) is 19.0 Å². The number of hydrogen-bond donors (Lipinski definition) is 1. The van der Waals surface area contributed by atoms with E-state index in [-0.39, 0.29) is 0 Å². The van der Waals surface area contributed by atoms with Crippen LogP contribution in [0.5, 0.6) is 5.75 Å². The van der Waals surface area contributed by atoms with E-state index in [1.807, 2.05) is 42.6 Å². The highest BCUT2D eigenvalue weighted by Crippen LogP contribution is 2.33. The van der Waals surface area contributed by atoms with Crippen LogP contribution < -0.4 is 10.1 Å². The van der Waals surface area contributed by atoms with Crippen molar-refractivity contribution in [3.05, 3.63) is 58.7 Å². The predicted molar refractivity (Wildman–Crippen MR) is 112 cm³/mol. The minimum atomic E-state index is 0.561. The van der Waals surface area contributed by atoms with Crippen molar-refractivity contribution in [1.82, 2.24) is 14.4 Å². The fraction of sp³-hybridized carbons (Fsp3) is 0.200. The van der Waals surface area contributed by atoms with Crippen molar-refractivity contribution < 1.29 is 4.74 Å². The molecule has 0 saturated heterocycles. The van der Waals surface area contributed by atoms with Crippen LogP contribution in [-0.4, -0.2) is 21.5 Å². The van der Waals surface area contributed by atoms with E-state index in [0.29, 0.717) is 10.8 Å². The van der Waals surface area contributed by atoms with Crippen LogP contribution in [0.3, 0.4) is 0 Å². The first-order chi connectivity index (χ1) is 13.2. The number of nitrogens with one attached hydrogen (secondary N) is 1. The van der Waals surface area contributed by atoms with Crippen LogP contribution in [0, 0.1) is 0 Å². The Balaban J connectivity index is 1.68. The summed E-state index contributed by atoms with van der Waals surface area (Å²) in [6.07, 6.45) is 3.99. The van der Waals surface area contributed by atoms with E-state index < -0.39 is 0 Å². The Morgan fingerprint density at radius 3 is 2.89 bits per heavy atom. The predicted octanol–water partition coefficient (Wildman–Crippen LogP) is 5.82. The molecule has 4 rings (SSSR count). The van der Waals surface area contributed by atoms with E-state index in [4.69, 9.17) is 26.3 Å². The van der Waals surface area contributed by atoms with Gasteiger partial charge in [0.1, 0.15) is 17.1 Å². The van der Waals surface area contributed by atoms with Gasteiger partial charge in [0, 0.05) is 17.3 Å². The number of imidazole rings is 1. The maximum Gasteiger partial charge on any atom is 0.187 e. The summed E-state index contributed by atoms with van der Waals surface area (Å²) >= 11 is 7.77. The lowest BCUT2D eigenvalue weighted by atomic mass is 10.2. The number of pyridine rings is 1. The van der Waals surface area contributed by atoms with Gasteiger partial charge in [-0.25, -0.2) is 9.97 Å². The number of hydrogen-bond acceptors (Lipinski definition) is 5. The molecule has 0 bridgehead atoms. The van der Waals surface area contributed by atoms with Crippen molar-refractivity contribution in [1.29, 1.82) is 0 Å². The number of benzene rings is 1. The van der Waals surface area contributed by atoms with Crippen LogP contribution in [0.25, 0.3) is 17.0 Å². The monoisotopic (exact) mass is 398 g/mol. The molecular weight excluding hydrogens is 380 g/mol. The molecule has 0 aliphatic rings. The third-order valence-corrected chi connectivity index (χ3v) is 5.29. The molecule has 5 nitrogen and oxygen atoms in total. The summed E-state index contributed by atoms with van der Waals surface area (Å²) in [6, 6.07) is 11.6. The number of aromatic nitrogens is 3. The Morgan fingerprint density at radius 1 is 1.22 bits per heavy atom. The highest BCUT2D eigenvalue weighted by atomic mass is 35.5. The summed E-state index contributed by atoms with van der Waals surface area (Å²) in [5.41, 5.74) is 4.87. The number of aryl methyl sites for hydroxylation is 1. The van der Waals surface area contributed by atoms with Gasteiger partial charge in [-0.3, -0.25) is 4.40 Å². The van der Waals surface area contributed by atoms with Gasteiger partial charge in [-0.15, -0.1) is 11.3 Å². The van der Waals surface area contributed by atoms with Crippen molar-refractivity contribution in [3.8, 4) is 17.1 Å². The topological polar surface area (TPSA) is 51.5 Å². The van der Waals surface area contributed by atoms with Gasteiger partial charge >= 0.3 is 0 Å². The Bertz CT molecular complexity index is 1090. The van der Waals surface area contributed by atoms with E-state index in [0.717, 1.165) is 46.4 Å². The zero-order valence-corrected chi connectivity index (χ0v) is 16.6.